The van der Waals surface area contributed by atoms with Gasteiger partial charge in [-0.3, -0.25) is 0 Å². The van der Waals surface area contributed by atoms with Crippen LogP contribution in [0.15, 0.2) is 0 Å². The van der Waals surface area contributed by atoms with Gasteiger partial charge in [0.1, 0.15) is 12.3 Å². The molecule has 0 unspecified atom stereocenters. The lowest BCUT2D eigenvalue weighted by atomic mass is 9.96. The number of amides is 8. The van der Waals surface area contributed by atoms with Crippen molar-refractivity contribution in [2.75, 3.05) is 0 Å². The third-order valence-corrected chi connectivity index (χ3v) is 5.08. The van der Waals surface area contributed by atoms with Crippen molar-refractivity contribution >= 4 is 24.1 Å². The summed E-state index contributed by atoms with van der Waals surface area (Å²) in [5.41, 5.74) is -1.61. The fourth-order valence-corrected chi connectivity index (χ4v) is 3.92. The van der Waals surface area contributed by atoms with Gasteiger partial charge in [-0.05, 0) is 25.7 Å². The highest BCUT2D eigenvalue weighted by molar-refractivity contribution is 5.87. The molecule has 12 nitrogen and oxygen atoms in total. The van der Waals surface area contributed by atoms with Crippen LogP contribution < -0.4 is 42.5 Å². The zero-order valence-corrected chi connectivity index (χ0v) is 13.3. The van der Waals surface area contributed by atoms with E-state index >= 15 is 0 Å². The van der Waals surface area contributed by atoms with E-state index in [1.54, 1.807) is 0 Å². The largest absolute Gasteiger partial charge is 0.318 e. The van der Waals surface area contributed by atoms with E-state index in [1.165, 1.54) is 0 Å². The third-order valence-electron chi connectivity index (χ3n) is 5.08. The molecule has 4 fully saturated rings. The molecule has 0 aromatic heterocycles. The van der Waals surface area contributed by atoms with Crippen molar-refractivity contribution in [1.29, 1.82) is 0 Å². The summed E-state index contributed by atoms with van der Waals surface area (Å²) in [6.45, 7) is 0. The molecule has 25 heavy (non-hydrogen) atoms. The Morgan fingerprint density at radius 2 is 0.880 bits per heavy atom. The number of carbonyl (C=O) groups is 4. The van der Waals surface area contributed by atoms with E-state index < -0.39 is 23.7 Å². The summed E-state index contributed by atoms with van der Waals surface area (Å²) in [4.78, 5) is 46.0. The van der Waals surface area contributed by atoms with Crippen LogP contribution in [0.25, 0.3) is 0 Å². The summed E-state index contributed by atoms with van der Waals surface area (Å²) < 4.78 is 0. The van der Waals surface area contributed by atoms with Crippen molar-refractivity contribution < 1.29 is 19.2 Å². The first kappa shape index (κ1) is 15.6. The minimum atomic E-state index is -0.804. The summed E-state index contributed by atoms with van der Waals surface area (Å²) in [6, 6.07) is -1.28. The predicted molar refractivity (Wildman–Crippen MR) is 82.8 cm³/mol. The van der Waals surface area contributed by atoms with Crippen LogP contribution in [0, 0.1) is 0 Å². The number of carbonyl (C=O) groups excluding carboxylic acids is 4. The lowest BCUT2D eigenvalue weighted by Gasteiger charge is -2.28. The van der Waals surface area contributed by atoms with Crippen molar-refractivity contribution in [3.05, 3.63) is 0 Å². The molecule has 0 radical (unpaired) electrons. The molecule has 4 heterocycles. The Morgan fingerprint density at radius 3 is 1.20 bits per heavy atom. The first-order chi connectivity index (χ1) is 11.9. The Hall–Kier alpha value is -2.92. The van der Waals surface area contributed by atoms with Crippen LogP contribution >= 0.6 is 0 Å². The molecule has 0 saturated carbocycles. The number of fused-ring (bicyclic) bond motifs is 2. The van der Waals surface area contributed by atoms with Crippen LogP contribution in [0.2, 0.25) is 0 Å². The van der Waals surface area contributed by atoms with E-state index in [4.69, 9.17) is 0 Å². The van der Waals surface area contributed by atoms with Gasteiger partial charge in [0.05, 0.1) is 0 Å². The summed E-state index contributed by atoms with van der Waals surface area (Å²) in [7, 11) is 0. The first-order valence-corrected chi connectivity index (χ1v) is 8.26. The molecular formula is C13H20N8O4. The quantitative estimate of drug-likeness (QED) is 0.265. The zero-order valence-electron chi connectivity index (χ0n) is 13.3. The van der Waals surface area contributed by atoms with Gasteiger partial charge >= 0.3 is 24.1 Å². The highest BCUT2D eigenvalue weighted by Crippen LogP contribution is 2.26. The zero-order chi connectivity index (χ0) is 17.7. The fourth-order valence-electron chi connectivity index (χ4n) is 3.92. The van der Waals surface area contributed by atoms with E-state index in [-0.39, 0.29) is 24.1 Å². The van der Waals surface area contributed by atoms with Gasteiger partial charge in [-0.15, -0.1) is 0 Å². The van der Waals surface area contributed by atoms with Gasteiger partial charge in [-0.2, -0.15) is 0 Å². The Balaban J connectivity index is 1.27. The molecule has 12 heteroatoms. The Morgan fingerprint density at radius 1 is 0.560 bits per heavy atom. The average Bonchev–Trinajstić information content (AvgIpc) is 3.13. The smallest absolute Gasteiger partial charge is 0.314 e. The molecule has 8 amide bonds. The second-order valence-corrected chi connectivity index (χ2v) is 6.76. The normalized spacial score (nSPS) is 37.6. The van der Waals surface area contributed by atoms with Crippen LogP contribution in [0.1, 0.15) is 32.1 Å². The molecule has 4 saturated heterocycles. The Bertz CT molecular complexity index is 558. The van der Waals surface area contributed by atoms with Gasteiger partial charge < -0.3 is 42.5 Å². The lowest BCUT2D eigenvalue weighted by molar-refractivity contribution is 0.229. The van der Waals surface area contributed by atoms with Crippen LogP contribution in [0.4, 0.5) is 19.2 Å². The highest BCUT2D eigenvalue weighted by Gasteiger charge is 2.54. The molecule has 0 atom stereocenters. The van der Waals surface area contributed by atoms with Crippen LogP contribution in [-0.4, -0.2) is 47.8 Å². The molecule has 4 aliphatic heterocycles. The Labute approximate surface area is 142 Å². The van der Waals surface area contributed by atoms with Crippen LogP contribution in [0.5, 0.6) is 0 Å². The number of rotatable bonds is 6. The molecule has 0 aromatic rings. The lowest BCUT2D eigenvalue weighted by Crippen LogP contribution is -2.56. The van der Waals surface area contributed by atoms with Gasteiger partial charge in [-0.25, -0.2) is 19.2 Å². The maximum absolute atomic E-state index is 11.5. The minimum Gasteiger partial charge on any atom is -0.314 e. The standard InChI is InChI=1S/C13H20N8O4/c22-8-14-6-12(18-8,19-9(23)15-6)4-2-1-3-5-13-7(16-10(24)20-13)17-11(25)21-13/h6-7H,1-5H2,(H2,14,18,22)(H2,15,19,23)(H2,16,20,24)(H2,17,21,25)/t6-,7-,12+,13+. The molecule has 0 spiro atoms. The number of unbranched alkanes of at least 4 members (excludes halogenated alkanes) is 2. The van der Waals surface area contributed by atoms with Gasteiger partial charge in [0.15, 0.2) is 11.3 Å². The Kier molecular flexibility index (Phi) is 3.30. The molecule has 0 aromatic carbocycles. The maximum atomic E-state index is 11.5. The number of hydrogen-bond donors (Lipinski definition) is 8. The summed E-state index contributed by atoms with van der Waals surface area (Å²) in [5, 5.41) is 21.7. The number of hydrogen-bond acceptors (Lipinski definition) is 4. The fraction of sp³-hybridized carbons (Fsp3) is 0.692. The van der Waals surface area contributed by atoms with E-state index in [9.17, 15) is 19.2 Å². The molecule has 8 N–H and O–H groups in total. The van der Waals surface area contributed by atoms with Gasteiger partial charge in [0.25, 0.3) is 0 Å². The molecule has 0 aliphatic carbocycles. The van der Waals surface area contributed by atoms with Crippen molar-refractivity contribution in [3.63, 3.8) is 0 Å². The van der Waals surface area contributed by atoms with Crippen LogP contribution in [0.3, 0.4) is 0 Å². The maximum Gasteiger partial charge on any atom is 0.318 e. The van der Waals surface area contributed by atoms with E-state index in [0.29, 0.717) is 12.8 Å². The van der Waals surface area contributed by atoms with E-state index in [0.717, 1.165) is 19.3 Å². The minimum absolute atomic E-state index is 0.321. The molecule has 136 valence electrons. The summed E-state index contributed by atoms with van der Waals surface area (Å²) in [5.74, 6) is 0. The van der Waals surface area contributed by atoms with Crippen molar-refractivity contribution in [2.45, 2.75) is 55.8 Å². The third kappa shape index (κ3) is 2.53. The van der Waals surface area contributed by atoms with Crippen molar-refractivity contribution in [2.24, 2.45) is 0 Å². The molecule has 4 aliphatic rings. The second-order valence-electron chi connectivity index (χ2n) is 6.76. The SMILES string of the molecule is O=C1N[C@H]2NC(=O)N[C@@]2(CCCCC[C@]23NC(=O)N[C@H]2NC(=O)N3)N1. The second kappa shape index (κ2) is 5.29. The van der Waals surface area contributed by atoms with Gasteiger partial charge in [0.2, 0.25) is 0 Å². The van der Waals surface area contributed by atoms with Gasteiger partial charge in [-0.1, -0.05) is 6.42 Å². The van der Waals surface area contributed by atoms with Crippen molar-refractivity contribution in [3.8, 4) is 0 Å². The summed E-state index contributed by atoms with van der Waals surface area (Å²) >= 11 is 0. The molecule has 0 bridgehead atoms. The monoisotopic (exact) mass is 352 g/mol. The average molecular weight is 352 g/mol. The molecule has 4 rings (SSSR count). The van der Waals surface area contributed by atoms with E-state index in [1.807, 2.05) is 0 Å². The molecular weight excluding hydrogens is 332 g/mol. The van der Waals surface area contributed by atoms with Crippen molar-refractivity contribution in [1.82, 2.24) is 42.5 Å². The van der Waals surface area contributed by atoms with E-state index in [2.05, 4.69) is 42.5 Å². The summed E-state index contributed by atoms with van der Waals surface area (Å²) in [6.07, 6.45) is 2.52. The topological polar surface area (TPSA) is 165 Å². The van der Waals surface area contributed by atoms with Gasteiger partial charge in [0, 0.05) is 0 Å². The number of urea groups is 4. The first-order valence-electron chi connectivity index (χ1n) is 8.26. The number of nitrogens with one attached hydrogen (secondary N) is 8. The van der Waals surface area contributed by atoms with Crippen LogP contribution in [-0.2, 0) is 0 Å². The predicted octanol–water partition coefficient (Wildman–Crippen LogP) is -1.77. The highest BCUT2D eigenvalue weighted by atomic mass is 16.2.